The minimum absolute atomic E-state index is 0.273. The molecule has 4 aliphatic rings. The summed E-state index contributed by atoms with van der Waals surface area (Å²) in [5.74, 6) is 1.55. The van der Waals surface area contributed by atoms with E-state index in [2.05, 4.69) is 123 Å². The molecule has 1 fully saturated rings. The van der Waals surface area contributed by atoms with Gasteiger partial charge in [0.2, 0.25) is 0 Å². The smallest absolute Gasteiger partial charge is 0.0911 e. The Morgan fingerprint density at radius 2 is 1.14 bits per heavy atom. The minimum Gasteiger partial charge on any atom is -0.389 e. The van der Waals surface area contributed by atoms with Gasteiger partial charge in [0.15, 0.2) is 0 Å². The van der Waals surface area contributed by atoms with Crippen LogP contribution in [0.4, 0.5) is 0 Å². The molecule has 2 aromatic carbocycles. The third-order valence-electron chi connectivity index (χ3n) is 8.44. The van der Waals surface area contributed by atoms with E-state index in [0.717, 1.165) is 6.42 Å². The highest BCUT2D eigenvalue weighted by Crippen LogP contribution is 2.52. The van der Waals surface area contributed by atoms with E-state index < -0.39 is 16.9 Å². The van der Waals surface area contributed by atoms with E-state index in [-0.39, 0.29) is 24.0 Å². The monoisotopic (exact) mass is 514 g/mol. The molecule has 1 saturated carbocycles. The second-order valence-corrected chi connectivity index (χ2v) is 19.1. The van der Waals surface area contributed by atoms with Crippen LogP contribution in [0, 0.1) is 23.7 Å². The molecule has 0 aliphatic heterocycles. The topological polar surface area (TPSA) is 40.5 Å². The summed E-state index contributed by atoms with van der Waals surface area (Å²) in [5, 5.41) is 22.7. The number of hydrogen-bond donors (Lipinski definition) is 2. The van der Waals surface area contributed by atoms with Crippen molar-refractivity contribution in [2.45, 2.75) is 50.4 Å². The molecule has 0 aromatic heterocycles. The van der Waals surface area contributed by atoms with Crippen LogP contribution in [0.25, 0.3) is 0 Å². The van der Waals surface area contributed by atoms with Crippen LogP contribution < -0.4 is 10.4 Å². The standard InChI is InChI=1S/C13H16Si.C11H14O2.C8H12Si/c1-14(2,13-10-6-7-11-13)12-8-4-3-5-9-12;12-8-3-4-9(13)11-7-2-1-6(5-7)10(8)11;1-9(2)8-6-4-3-5-7-8/h3-11,13H,1-2H3;1-4,6-13H,5H2;3-7,9H,1-2H3/t;6-,7+,8+,9-,10+,11-;. The van der Waals surface area contributed by atoms with Crippen LogP contribution in [0.2, 0.25) is 31.7 Å². The summed E-state index contributed by atoms with van der Waals surface area (Å²) in [7, 11) is -1.85. The third-order valence-corrected chi connectivity index (χ3v) is 14.0. The summed E-state index contributed by atoms with van der Waals surface area (Å²) in [6.07, 6.45) is 17.4. The van der Waals surface area contributed by atoms with Crippen LogP contribution in [-0.4, -0.2) is 39.3 Å². The largest absolute Gasteiger partial charge is 0.389 e. The summed E-state index contributed by atoms with van der Waals surface area (Å²) < 4.78 is 0. The first-order valence-electron chi connectivity index (χ1n) is 13.5. The summed E-state index contributed by atoms with van der Waals surface area (Å²) in [6, 6.07) is 21.7. The van der Waals surface area contributed by atoms with Crippen molar-refractivity contribution in [2.75, 3.05) is 0 Å². The van der Waals surface area contributed by atoms with Crippen LogP contribution >= 0.6 is 0 Å². The van der Waals surface area contributed by atoms with Crippen LogP contribution in [0.1, 0.15) is 6.42 Å². The van der Waals surface area contributed by atoms with E-state index in [1.54, 1.807) is 22.5 Å². The number of aliphatic hydroxyl groups is 2. The van der Waals surface area contributed by atoms with E-state index >= 15 is 0 Å². The molecule has 6 rings (SSSR count). The van der Waals surface area contributed by atoms with Gasteiger partial charge in [-0.2, -0.15) is 0 Å². The highest BCUT2D eigenvalue weighted by atomic mass is 28.3. The number of rotatable bonds is 3. The Balaban J connectivity index is 0.000000130. The second kappa shape index (κ2) is 11.9. The Hall–Kier alpha value is -2.25. The molecule has 190 valence electrons. The quantitative estimate of drug-likeness (QED) is 0.437. The highest BCUT2D eigenvalue weighted by Gasteiger charge is 2.50. The molecule has 0 saturated heterocycles. The lowest BCUT2D eigenvalue weighted by atomic mass is 9.73. The van der Waals surface area contributed by atoms with Crippen molar-refractivity contribution in [3.05, 3.63) is 109 Å². The van der Waals surface area contributed by atoms with E-state index in [0.29, 0.717) is 17.4 Å². The molecular formula is C32H42O2Si2. The Kier molecular flexibility index (Phi) is 8.84. The van der Waals surface area contributed by atoms with Crippen molar-refractivity contribution in [3.63, 3.8) is 0 Å². The fourth-order valence-corrected chi connectivity index (χ4v) is 9.77. The summed E-state index contributed by atoms with van der Waals surface area (Å²) in [5.41, 5.74) is 0.671. The molecule has 0 radical (unpaired) electrons. The van der Waals surface area contributed by atoms with Crippen LogP contribution in [0.15, 0.2) is 109 Å². The van der Waals surface area contributed by atoms with Gasteiger partial charge >= 0.3 is 0 Å². The van der Waals surface area contributed by atoms with E-state index in [4.69, 9.17) is 0 Å². The predicted molar refractivity (Wildman–Crippen MR) is 159 cm³/mol. The molecule has 0 amide bonds. The molecule has 4 aliphatic carbocycles. The van der Waals surface area contributed by atoms with Gasteiger partial charge in [-0.25, -0.2) is 0 Å². The van der Waals surface area contributed by atoms with Gasteiger partial charge in [0.1, 0.15) is 0 Å². The lowest BCUT2D eigenvalue weighted by molar-refractivity contribution is 0.0277. The summed E-state index contributed by atoms with van der Waals surface area (Å²) in [4.78, 5) is 0. The molecule has 2 nitrogen and oxygen atoms in total. The maximum absolute atomic E-state index is 9.79. The molecule has 2 N–H and O–H groups in total. The summed E-state index contributed by atoms with van der Waals surface area (Å²) in [6.45, 7) is 9.56. The molecule has 2 aromatic rings. The maximum Gasteiger partial charge on any atom is 0.0911 e. The first kappa shape index (κ1) is 26.8. The molecule has 0 heterocycles. The molecule has 6 atom stereocenters. The molecule has 2 bridgehead atoms. The average Bonchev–Trinajstić information content (AvgIpc) is 3.67. The number of benzene rings is 2. The predicted octanol–water partition coefficient (Wildman–Crippen LogP) is 5.19. The van der Waals surface area contributed by atoms with Gasteiger partial charge in [0.25, 0.3) is 0 Å². The molecule has 4 heteroatoms. The van der Waals surface area contributed by atoms with Crippen molar-refractivity contribution < 1.29 is 10.2 Å². The van der Waals surface area contributed by atoms with E-state index in [1.165, 1.54) is 0 Å². The molecule has 0 spiro atoms. The zero-order valence-corrected chi connectivity index (χ0v) is 24.3. The zero-order chi connectivity index (χ0) is 25.7. The van der Waals surface area contributed by atoms with Crippen LogP contribution in [0.3, 0.4) is 0 Å². The second-order valence-electron chi connectivity index (χ2n) is 11.4. The SMILES string of the molecule is C[SiH](C)c1ccccc1.C[Si](C)(c1ccccc1)C1C=CC=C1.O[C@@H]1C=C[C@H](O)[C@H]2[C@@H]1[C@H]1C=C[C@@H]2C1. The lowest BCUT2D eigenvalue weighted by Crippen LogP contribution is -2.44. The van der Waals surface area contributed by atoms with Gasteiger partial charge in [0, 0.05) is 11.8 Å². The van der Waals surface area contributed by atoms with Crippen LogP contribution in [-0.2, 0) is 0 Å². The van der Waals surface area contributed by atoms with Gasteiger partial charge in [-0.1, -0.05) is 146 Å². The Morgan fingerprint density at radius 3 is 1.58 bits per heavy atom. The number of hydrogen-bond acceptors (Lipinski definition) is 2. The van der Waals surface area contributed by atoms with Gasteiger partial charge in [-0.15, -0.1) is 0 Å². The highest BCUT2D eigenvalue weighted by molar-refractivity contribution is 6.91. The van der Waals surface area contributed by atoms with E-state index in [1.807, 2.05) is 0 Å². The van der Waals surface area contributed by atoms with Gasteiger partial charge in [0.05, 0.1) is 29.1 Å². The van der Waals surface area contributed by atoms with Crippen molar-refractivity contribution in [1.29, 1.82) is 0 Å². The van der Waals surface area contributed by atoms with Crippen molar-refractivity contribution in [1.82, 2.24) is 0 Å². The lowest BCUT2D eigenvalue weighted by Gasteiger charge is -2.36. The van der Waals surface area contributed by atoms with Crippen molar-refractivity contribution in [2.24, 2.45) is 23.7 Å². The minimum atomic E-state index is -1.32. The van der Waals surface area contributed by atoms with Crippen molar-refractivity contribution >= 4 is 27.2 Å². The zero-order valence-electron chi connectivity index (χ0n) is 22.1. The van der Waals surface area contributed by atoms with Gasteiger partial charge < -0.3 is 10.2 Å². The Morgan fingerprint density at radius 1 is 0.667 bits per heavy atom. The molecule has 0 unspecified atom stereocenters. The van der Waals surface area contributed by atoms with Crippen molar-refractivity contribution in [3.8, 4) is 0 Å². The van der Waals surface area contributed by atoms with E-state index in [9.17, 15) is 10.2 Å². The maximum atomic E-state index is 9.79. The fourth-order valence-electron chi connectivity index (χ4n) is 6.16. The van der Waals surface area contributed by atoms with Crippen LogP contribution in [0.5, 0.6) is 0 Å². The first-order valence-corrected chi connectivity index (χ1v) is 19.4. The first-order chi connectivity index (χ1) is 17.3. The van der Waals surface area contributed by atoms with Gasteiger partial charge in [-0.05, 0) is 23.8 Å². The Bertz CT molecular complexity index is 1050. The summed E-state index contributed by atoms with van der Waals surface area (Å²) >= 11 is 0. The molecule has 36 heavy (non-hydrogen) atoms. The average molecular weight is 515 g/mol. The number of aliphatic hydroxyl groups excluding tert-OH is 2. The number of fused-ring (bicyclic) bond motifs is 5. The molecular weight excluding hydrogens is 473 g/mol. The fraction of sp³-hybridized carbons (Fsp3) is 0.375. The third kappa shape index (κ3) is 6.00. The normalized spacial score (nSPS) is 29.5. The van der Waals surface area contributed by atoms with Gasteiger partial charge in [-0.3, -0.25) is 0 Å². The number of allylic oxidation sites excluding steroid dienone is 6. The Labute approximate surface area is 220 Å².